The van der Waals surface area contributed by atoms with E-state index in [4.69, 9.17) is 4.74 Å². The van der Waals surface area contributed by atoms with E-state index in [0.717, 1.165) is 6.42 Å². The molecule has 2 nitrogen and oxygen atoms in total. The number of carbonyl (C=O) groups is 1. The van der Waals surface area contributed by atoms with Gasteiger partial charge in [0.15, 0.2) is 0 Å². The van der Waals surface area contributed by atoms with E-state index in [1.807, 2.05) is 19.9 Å². The number of ether oxygens (including phenoxy) is 1. The second-order valence-electron chi connectivity index (χ2n) is 5.28. The van der Waals surface area contributed by atoms with Crippen molar-refractivity contribution in [3.05, 3.63) is 17.9 Å². The molecule has 0 radical (unpaired) electrons. The van der Waals surface area contributed by atoms with Crippen LogP contribution in [0.5, 0.6) is 0 Å². The lowest BCUT2D eigenvalue weighted by molar-refractivity contribution is -0.148. The van der Waals surface area contributed by atoms with Crippen LogP contribution in [0.1, 0.15) is 65.7 Å². The molecule has 18 heavy (non-hydrogen) atoms. The first kappa shape index (κ1) is 17.0. The fraction of sp³-hybridized carbons (Fsp3) is 0.750. The molecule has 0 amide bonds. The lowest BCUT2D eigenvalue weighted by Gasteiger charge is -2.14. The number of unbranched alkanes of at least 4 members (excludes halogenated alkanes) is 6. The first-order valence-corrected chi connectivity index (χ1v) is 7.05. The summed E-state index contributed by atoms with van der Waals surface area (Å²) in [6, 6.07) is 0. The van der Waals surface area contributed by atoms with Gasteiger partial charge in [0, 0.05) is 0 Å². The van der Waals surface area contributed by atoms with Crippen LogP contribution >= 0.6 is 0 Å². The van der Waals surface area contributed by atoms with Crippen molar-refractivity contribution in [1.82, 2.24) is 0 Å². The fourth-order valence-electron chi connectivity index (χ4n) is 1.70. The first-order valence-electron chi connectivity index (χ1n) is 7.05. The van der Waals surface area contributed by atoms with Gasteiger partial charge in [-0.2, -0.15) is 0 Å². The van der Waals surface area contributed by atoms with Crippen molar-refractivity contribution < 1.29 is 9.53 Å². The quantitative estimate of drug-likeness (QED) is 0.339. The Balaban J connectivity index is 3.78. The molecule has 0 saturated heterocycles. The molecule has 0 heterocycles. The molecule has 0 aliphatic rings. The largest absolute Gasteiger partial charge is 0.468 e. The van der Waals surface area contributed by atoms with Crippen molar-refractivity contribution in [2.24, 2.45) is 5.41 Å². The zero-order valence-electron chi connectivity index (χ0n) is 12.4. The molecule has 0 aromatic rings. The van der Waals surface area contributed by atoms with Gasteiger partial charge in [-0.1, -0.05) is 39.0 Å². The van der Waals surface area contributed by atoms with Crippen LogP contribution in [0.3, 0.4) is 0 Å². The fourth-order valence-corrected chi connectivity index (χ4v) is 1.70. The minimum absolute atomic E-state index is 0.219. The molecule has 0 fully saturated rings. The molecule has 0 aliphatic heterocycles. The molecule has 0 N–H and O–H groups in total. The van der Waals surface area contributed by atoms with E-state index in [-0.39, 0.29) is 5.97 Å². The van der Waals surface area contributed by atoms with Crippen LogP contribution in [0.25, 0.3) is 0 Å². The number of esters is 1. The van der Waals surface area contributed by atoms with Crippen molar-refractivity contribution in [2.75, 3.05) is 7.11 Å². The summed E-state index contributed by atoms with van der Waals surface area (Å²) >= 11 is 0. The van der Waals surface area contributed by atoms with Gasteiger partial charge in [0.05, 0.1) is 12.5 Å². The molecule has 104 valence electrons. The molecule has 0 saturated carbocycles. The van der Waals surface area contributed by atoms with E-state index in [1.54, 1.807) is 6.08 Å². The highest BCUT2D eigenvalue weighted by atomic mass is 16.5. The molecule has 0 aromatic heterocycles. The normalized spacial score (nSPS) is 10.7. The van der Waals surface area contributed by atoms with Crippen LogP contribution in [0.2, 0.25) is 0 Å². The van der Waals surface area contributed by atoms with Gasteiger partial charge < -0.3 is 4.74 Å². The van der Waals surface area contributed by atoms with E-state index < -0.39 is 5.41 Å². The van der Waals surface area contributed by atoms with Crippen LogP contribution < -0.4 is 0 Å². The number of carbonyl (C=O) groups excluding carboxylic acids is 1. The van der Waals surface area contributed by atoms with Crippen LogP contribution in [0.4, 0.5) is 0 Å². The van der Waals surface area contributed by atoms with Gasteiger partial charge in [0.1, 0.15) is 0 Å². The predicted molar refractivity (Wildman–Crippen MR) is 76.4 cm³/mol. The Labute approximate surface area is 112 Å². The summed E-state index contributed by atoms with van der Waals surface area (Å²) in [5, 5.41) is 0. The van der Waals surface area contributed by atoms with Crippen LogP contribution in [-0.4, -0.2) is 13.1 Å². The molecule has 0 bridgehead atoms. The van der Waals surface area contributed by atoms with Gasteiger partial charge in [-0.05, 0) is 38.8 Å². The summed E-state index contributed by atoms with van der Waals surface area (Å²) in [6.07, 6.45) is 12.7. The van der Waals surface area contributed by atoms with Crippen molar-refractivity contribution in [1.29, 1.82) is 0 Å². The maximum atomic E-state index is 11.4. The average molecular weight is 252 g/mol. The summed E-state index contributed by atoms with van der Waals surface area (Å²) in [7, 11) is 1.41. The SMILES string of the molecule is CCCCCCCCC=C=CC(C)(C)C(=O)OC. The van der Waals surface area contributed by atoms with Crippen LogP contribution in [0, 0.1) is 5.41 Å². The molecule has 0 aliphatic carbocycles. The average Bonchev–Trinajstić information content (AvgIpc) is 2.35. The second-order valence-corrected chi connectivity index (χ2v) is 5.28. The van der Waals surface area contributed by atoms with Gasteiger partial charge in [0.2, 0.25) is 0 Å². The van der Waals surface area contributed by atoms with Crippen LogP contribution in [-0.2, 0) is 9.53 Å². The maximum Gasteiger partial charge on any atom is 0.315 e. The van der Waals surface area contributed by atoms with Gasteiger partial charge in [0.25, 0.3) is 0 Å². The number of hydrogen-bond donors (Lipinski definition) is 0. The van der Waals surface area contributed by atoms with Crippen LogP contribution in [0.15, 0.2) is 17.9 Å². The lowest BCUT2D eigenvalue weighted by atomic mass is 9.94. The second kappa shape index (κ2) is 9.96. The standard InChI is InChI=1S/C16H28O2/c1-5-6-7-8-9-10-11-12-13-14-16(2,3)15(17)18-4/h12,14H,5-11H2,1-4H3. The van der Waals surface area contributed by atoms with Gasteiger partial charge in [-0.25, -0.2) is 0 Å². The Morgan fingerprint density at radius 1 is 1.17 bits per heavy atom. The number of methoxy groups -OCH3 is 1. The number of hydrogen-bond acceptors (Lipinski definition) is 2. The predicted octanol–water partition coefficient (Wildman–Crippen LogP) is 4.65. The maximum absolute atomic E-state index is 11.4. The smallest absolute Gasteiger partial charge is 0.315 e. The molecule has 0 aromatic carbocycles. The van der Waals surface area contributed by atoms with Crippen molar-refractivity contribution in [3.8, 4) is 0 Å². The highest BCUT2D eigenvalue weighted by Crippen LogP contribution is 2.18. The first-order chi connectivity index (χ1) is 8.54. The third-order valence-electron chi connectivity index (χ3n) is 2.98. The summed E-state index contributed by atoms with van der Waals surface area (Å²) in [4.78, 5) is 11.4. The summed E-state index contributed by atoms with van der Waals surface area (Å²) in [6.45, 7) is 5.91. The molecular weight excluding hydrogens is 224 g/mol. The minimum atomic E-state index is -0.577. The van der Waals surface area contributed by atoms with Crippen molar-refractivity contribution in [3.63, 3.8) is 0 Å². The van der Waals surface area contributed by atoms with E-state index >= 15 is 0 Å². The van der Waals surface area contributed by atoms with Gasteiger partial charge >= 0.3 is 5.97 Å². The molecular formula is C16H28O2. The monoisotopic (exact) mass is 252 g/mol. The van der Waals surface area contributed by atoms with Crippen molar-refractivity contribution in [2.45, 2.75) is 65.7 Å². The zero-order valence-corrected chi connectivity index (χ0v) is 12.4. The Bertz CT molecular complexity index is 283. The Kier molecular flexibility index (Phi) is 9.40. The zero-order chi connectivity index (χ0) is 13.9. The van der Waals surface area contributed by atoms with E-state index in [0.29, 0.717) is 0 Å². The highest BCUT2D eigenvalue weighted by molar-refractivity contribution is 5.77. The molecule has 0 rings (SSSR count). The van der Waals surface area contributed by atoms with E-state index in [9.17, 15) is 4.79 Å². The topological polar surface area (TPSA) is 26.3 Å². The Morgan fingerprint density at radius 3 is 2.39 bits per heavy atom. The highest BCUT2D eigenvalue weighted by Gasteiger charge is 2.24. The van der Waals surface area contributed by atoms with Gasteiger partial charge in [-0.3, -0.25) is 4.79 Å². The summed E-state index contributed by atoms with van der Waals surface area (Å²) < 4.78 is 4.72. The van der Waals surface area contributed by atoms with Gasteiger partial charge in [-0.15, -0.1) is 5.73 Å². The third-order valence-corrected chi connectivity index (χ3v) is 2.98. The number of rotatable bonds is 9. The summed E-state index contributed by atoms with van der Waals surface area (Å²) in [5.41, 5.74) is 2.52. The van der Waals surface area contributed by atoms with Crippen molar-refractivity contribution >= 4 is 5.97 Å². The molecule has 0 atom stereocenters. The summed E-state index contributed by atoms with van der Waals surface area (Å²) in [5.74, 6) is -0.219. The van der Waals surface area contributed by atoms with E-state index in [2.05, 4.69) is 12.7 Å². The lowest BCUT2D eigenvalue weighted by Crippen LogP contribution is -2.22. The Hall–Kier alpha value is -1.01. The molecule has 0 unspecified atom stereocenters. The third kappa shape index (κ3) is 8.14. The van der Waals surface area contributed by atoms with E-state index in [1.165, 1.54) is 45.6 Å². The molecule has 2 heteroatoms. The minimum Gasteiger partial charge on any atom is -0.468 e. The molecule has 0 spiro atoms. The Morgan fingerprint density at radius 2 is 1.78 bits per heavy atom.